The highest BCUT2D eigenvalue weighted by Crippen LogP contribution is 2.31. The molecule has 0 bridgehead atoms. The van der Waals surface area contributed by atoms with Gasteiger partial charge in [-0.1, -0.05) is 31.4 Å². The third-order valence-corrected chi connectivity index (χ3v) is 6.14. The number of hydrogen-bond acceptors (Lipinski definition) is 4. The average Bonchev–Trinajstić information content (AvgIpc) is 3.22. The van der Waals surface area contributed by atoms with Gasteiger partial charge in [0.15, 0.2) is 0 Å². The summed E-state index contributed by atoms with van der Waals surface area (Å²) in [6.45, 7) is 1.50. The zero-order valence-electron chi connectivity index (χ0n) is 17.1. The normalized spacial score (nSPS) is 21.9. The van der Waals surface area contributed by atoms with Gasteiger partial charge in [0.25, 0.3) is 0 Å². The molecule has 1 aromatic carbocycles. The number of carbonyl (C=O) groups excluding carboxylic acids is 2. The van der Waals surface area contributed by atoms with Gasteiger partial charge in [0, 0.05) is 20.1 Å². The van der Waals surface area contributed by atoms with Crippen molar-refractivity contribution < 1.29 is 14.3 Å². The van der Waals surface area contributed by atoms with Crippen molar-refractivity contribution in [1.82, 2.24) is 15.5 Å². The maximum absolute atomic E-state index is 12.9. The number of nitrogens with zero attached hydrogens (tertiary/aromatic N) is 1. The minimum Gasteiger partial charge on any atom is -0.497 e. The van der Waals surface area contributed by atoms with Gasteiger partial charge in [-0.2, -0.15) is 0 Å². The van der Waals surface area contributed by atoms with Crippen LogP contribution >= 0.6 is 0 Å². The number of likely N-dealkylation sites (tertiary alicyclic amines) is 1. The second-order valence-corrected chi connectivity index (χ2v) is 7.93. The fraction of sp³-hybridized carbons (Fsp3) is 0.636. The molecule has 1 heterocycles. The van der Waals surface area contributed by atoms with Crippen molar-refractivity contribution in [3.8, 4) is 5.75 Å². The molecule has 2 unspecified atom stereocenters. The van der Waals surface area contributed by atoms with Crippen LogP contribution in [0, 0.1) is 5.92 Å². The van der Waals surface area contributed by atoms with Crippen molar-refractivity contribution in [2.24, 2.45) is 5.92 Å². The van der Waals surface area contributed by atoms with Crippen LogP contribution in [0.5, 0.6) is 5.75 Å². The van der Waals surface area contributed by atoms with Gasteiger partial charge in [0.1, 0.15) is 11.8 Å². The second-order valence-electron chi connectivity index (χ2n) is 7.93. The fourth-order valence-corrected chi connectivity index (χ4v) is 4.55. The highest BCUT2D eigenvalue weighted by atomic mass is 16.5. The molecule has 3 rings (SSSR count). The highest BCUT2D eigenvalue weighted by Gasteiger charge is 2.39. The minimum atomic E-state index is -0.469. The third-order valence-electron chi connectivity index (χ3n) is 6.14. The number of benzene rings is 1. The lowest BCUT2D eigenvalue weighted by Crippen LogP contribution is -2.49. The Bertz CT molecular complexity index is 655. The van der Waals surface area contributed by atoms with E-state index in [9.17, 15) is 9.59 Å². The van der Waals surface area contributed by atoms with Crippen molar-refractivity contribution in [3.05, 3.63) is 29.8 Å². The summed E-state index contributed by atoms with van der Waals surface area (Å²) in [6.07, 6.45) is 7.99. The molecule has 0 spiro atoms. The Labute approximate surface area is 168 Å². The molecule has 6 heteroatoms. The van der Waals surface area contributed by atoms with Gasteiger partial charge in [-0.05, 0) is 49.3 Å². The van der Waals surface area contributed by atoms with Crippen LogP contribution in [-0.4, -0.2) is 50.0 Å². The molecule has 1 aliphatic heterocycles. The summed E-state index contributed by atoms with van der Waals surface area (Å²) < 4.78 is 5.23. The molecular weight excluding hydrogens is 354 g/mol. The number of carbonyl (C=O) groups is 2. The lowest BCUT2D eigenvalue weighted by atomic mass is 9.89. The van der Waals surface area contributed by atoms with Crippen molar-refractivity contribution in [2.75, 3.05) is 27.2 Å². The van der Waals surface area contributed by atoms with E-state index in [0.29, 0.717) is 5.92 Å². The summed E-state index contributed by atoms with van der Waals surface area (Å²) in [4.78, 5) is 27.7. The van der Waals surface area contributed by atoms with Gasteiger partial charge < -0.3 is 15.4 Å². The fourth-order valence-electron chi connectivity index (χ4n) is 4.55. The molecule has 28 heavy (non-hydrogen) atoms. The van der Waals surface area contributed by atoms with Crippen molar-refractivity contribution in [2.45, 2.75) is 57.0 Å². The molecule has 1 aromatic rings. The van der Waals surface area contributed by atoms with Crippen molar-refractivity contribution in [3.63, 3.8) is 0 Å². The molecule has 2 amide bonds. The predicted octanol–water partition coefficient (Wildman–Crippen LogP) is 2.64. The van der Waals surface area contributed by atoms with Crippen molar-refractivity contribution in [1.29, 1.82) is 0 Å². The Morgan fingerprint density at radius 1 is 1.11 bits per heavy atom. The molecule has 2 fully saturated rings. The number of likely N-dealkylation sites (N-methyl/N-ethyl adjacent to an activating group) is 1. The van der Waals surface area contributed by atoms with Gasteiger partial charge in [-0.25, -0.2) is 0 Å². The minimum absolute atomic E-state index is 0.0606. The Balaban J connectivity index is 1.70. The van der Waals surface area contributed by atoms with E-state index in [1.54, 1.807) is 14.2 Å². The van der Waals surface area contributed by atoms with Gasteiger partial charge in [0.05, 0.1) is 13.2 Å². The standard InChI is InChI=1S/C22H33N3O3/c1-23-22(27)20(17-10-12-18(28-2)13-11-17)25-14-6-9-19(25)21(26)24-15-16-7-4-3-5-8-16/h10-13,16,19-20H,3-9,14-15H2,1-2H3,(H,23,27)(H,24,26). The Morgan fingerprint density at radius 3 is 2.46 bits per heavy atom. The molecule has 1 saturated carbocycles. The molecule has 6 nitrogen and oxygen atoms in total. The molecule has 2 aliphatic rings. The van der Waals surface area contributed by atoms with E-state index in [1.807, 2.05) is 24.3 Å². The van der Waals surface area contributed by atoms with Crippen LogP contribution in [0.4, 0.5) is 0 Å². The summed E-state index contributed by atoms with van der Waals surface area (Å²) >= 11 is 0. The first-order valence-electron chi connectivity index (χ1n) is 10.5. The number of nitrogens with one attached hydrogen (secondary N) is 2. The van der Waals surface area contributed by atoms with Crippen LogP contribution < -0.4 is 15.4 Å². The molecule has 2 atom stereocenters. The number of ether oxygens (including phenoxy) is 1. The van der Waals surface area contributed by atoms with Crippen LogP contribution in [-0.2, 0) is 9.59 Å². The molecule has 0 aromatic heterocycles. The highest BCUT2D eigenvalue weighted by molar-refractivity contribution is 5.86. The lowest BCUT2D eigenvalue weighted by molar-refractivity contribution is -0.131. The smallest absolute Gasteiger partial charge is 0.241 e. The van der Waals surface area contributed by atoms with Gasteiger partial charge >= 0.3 is 0 Å². The average molecular weight is 388 g/mol. The maximum Gasteiger partial charge on any atom is 0.241 e. The first-order chi connectivity index (χ1) is 13.6. The van der Waals surface area contributed by atoms with E-state index < -0.39 is 6.04 Å². The molecule has 0 radical (unpaired) electrons. The molecule has 154 valence electrons. The summed E-state index contributed by atoms with van der Waals surface area (Å²) in [5, 5.41) is 5.94. The molecule has 1 saturated heterocycles. The predicted molar refractivity (Wildman–Crippen MR) is 109 cm³/mol. The number of amides is 2. The molecular formula is C22H33N3O3. The van der Waals surface area contributed by atoms with E-state index in [-0.39, 0.29) is 17.9 Å². The number of methoxy groups -OCH3 is 1. The summed E-state index contributed by atoms with van der Waals surface area (Å²) in [7, 11) is 3.27. The maximum atomic E-state index is 12.9. The van der Waals surface area contributed by atoms with Crippen LogP contribution in [0.15, 0.2) is 24.3 Å². The van der Waals surface area contributed by atoms with Gasteiger partial charge in [-0.3, -0.25) is 14.5 Å². The van der Waals surface area contributed by atoms with Crippen LogP contribution in [0.2, 0.25) is 0 Å². The van der Waals surface area contributed by atoms with E-state index in [2.05, 4.69) is 15.5 Å². The van der Waals surface area contributed by atoms with Crippen LogP contribution in [0.3, 0.4) is 0 Å². The van der Waals surface area contributed by atoms with Crippen molar-refractivity contribution >= 4 is 11.8 Å². The Morgan fingerprint density at radius 2 is 1.82 bits per heavy atom. The zero-order valence-corrected chi connectivity index (χ0v) is 17.1. The SMILES string of the molecule is CNC(=O)C(c1ccc(OC)cc1)N1CCCC1C(=O)NCC1CCCCC1. The van der Waals surface area contributed by atoms with E-state index in [1.165, 1.54) is 32.1 Å². The first-order valence-corrected chi connectivity index (χ1v) is 10.5. The summed E-state index contributed by atoms with van der Waals surface area (Å²) in [5.41, 5.74) is 0.882. The molecule has 1 aliphatic carbocycles. The topological polar surface area (TPSA) is 70.7 Å². The first kappa shape index (κ1) is 20.6. The number of rotatable bonds is 7. The summed E-state index contributed by atoms with van der Waals surface area (Å²) in [5.74, 6) is 1.33. The molecule has 2 N–H and O–H groups in total. The zero-order chi connectivity index (χ0) is 19.9. The van der Waals surface area contributed by atoms with Crippen LogP contribution in [0.1, 0.15) is 56.6 Å². The second kappa shape index (κ2) is 9.92. The Hall–Kier alpha value is -2.08. The number of hydrogen-bond donors (Lipinski definition) is 2. The largest absolute Gasteiger partial charge is 0.497 e. The lowest BCUT2D eigenvalue weighted by Gasteiger charge is -2.32. The van der Waals surface area contributed by atoms with E-state index >= 15 is 0 Å². The van der Waals surface area contributed by atoms with Gasteiger partial charge in [-0.15, -0.1) is 0 Å². The monoisotopic (exact) mass is 387 g/mol. The van der Waals surface area contributed by atoms with Crippen LogP contribution in [0.25, 0.3) is 0 Å². The third kappa shape index (κ3) is 4.85. The van der Waals surface area contributed by atoms with E-state index in [0.717, 1.165) is 37.2 Å². The van der Waals surface area contributed by atoms with Gasteiger partial charge in [0.2, 0.25) is 11.8 Å². The Kier molecular flexibility index (Phi) is 7.31. The van der Waals surface area contributed by atoms with E-state index in [4.69, 9.17) is 4.74 Å². The quantitative estimate of drug-likeness (QED) is 0.755. The summed E-state index contributed by atoms with van der Waals surface area (Å²) in [6, 6.07) is 6.82.